The first-order valence-electron chi connectivity index (χ1n) is 8.67. The number of nitrogens with zero attached hydrogens (tertiary/aromatic N) is 2. The second kappa shape index (κ2) is 7.56. The van der Waals surface area contributed by atoms with Crippen LogP contribution in [0, 0.1) is 0 Å². The molecule has 0 unspecified atom stereocenters. The van der Waals surface area contributed by atoms with Crippen molar-refractivity contribution in [2.24, 2.45) is 0 Å². The van der Waals surface area contributed by atoms with Gasteiger partial charge in [0.2, 0.25) is 0 Å². The van der Waals surface area contributed by atoms with Gasteiger partial charge in [-0.15, -0.1) is 0 Å². The van der Waals surface area contributed by atoms with Crippen LogP contribution < -0.4 is 5.32 Å². The monoisotopic (exact) mass is 399 g/mol. The average molecular weight is 400 g/mol. The number of oxazole rings is 1. The predicted molar refractivity (Wildman–Crippen MR) is 105 cm³/mol. The largest absolute Gasteiger partial charge is 0.440 e. The van der Waals surface area contributed by atoms with Gasteiger partial charge >= 0.3 is 5.92 Å². The third-order valence-corrected chi connectivity index (χ3v) is 4.48. The van der Waals surface area contributed by atoms with Crippen molar-refractivity contribution in [2.45, 2.75) is 12.3 Å². The van der Waals surface area contributed by atoms with Crippen LogP contribution >= 0.6 is 11.6 Å². The Morgan fingerprint density at radius 2 is 1.89 bits per heavy atom. The Hall–Kier alpha value is -2.99. The lowest BCUT2D eigenvalue weighted by atomic mass is 10.1. The normalized spacial score (nSPS) is 11.7. The predicted octanol–water partition coefficient (Wildman–Crippen LogP) is 5.67. The zero-order valence-electron chi connectivity index (χ0n) is 14.7. The Labute approximate surface area is 165 Å². The number of fused-ring (bicyclic) bond motifs is 1. The Balaban J connectivity index is 1.55. The van der Waals surface area contributed by atoms with E-state index in [9.17, 15) is 8.78 Å². The van der Waals surface area contributed by atoms with E-state index in [0.717, 1.165) is 5.56 Å². The van der Waals surface area contributed by atoms with E-state index < -0.39 is 12.5 Å². The van der Waals surface area contributed by atoms with E-state index in [0.29, 0.717) is 34.1 Å². The number of benzene rings is 2. The van der Waals surface area contributed by atoms with Gasteiger partial charge in [-0.05, 0) is 42.0 Å². The lowest BCUT2D eigenvalue weighted by molar-refractivity contribution is 0.00602. The molecule has 0 atom stereocenters. The van der Waals surface area contributed by atoms with E-state index in [2.05, 4.69) is 15.3 Å². The van der Waals surface area contributed by atoms with E-state index in [-0.39, 0.29) is 5.69 Å². The van der Waals surface area contributed by atoms with Crippen molar-refractivity contribution in [3.05, 3.63) is 89.0 Å². The Kier molecular flexibility index (Phi) is 4.96. The molecule has 0 saturated heterocycles. The van der Waals surface area contributed by atoms with E-state index in [1.807, 2.05) is 18.2 Å². The minimum absolute atomic E-state index is 0.281. The third kappa shape index (κ3) is 3.97. The van der Waals surface area contributed by atoms with Crippen LogP contribution in [-0.2, 0) is 12.3 Å². The molecule has 0 fully saturated rings. The van der Waals surface area contributed by atoms with Gasteiger partial charge in [0.25, 0.3) is 0 Å². The van der Waals surface area contributed by atoms with E-state index >= 15 is 0 Å². The van der Waals surface area contributed by atoms with Crippen molar-refractivity contribution in [3.8, 4) is 0 Å². The van der Waals surface area contributed by atoms with Crippen LogP contribution in [0.2, 0.25) is 5.02 Å². The molecule has 2 aromatic carbocycles. The van der Waals surface area contributed by atoms with Gasteiger partial charge in [-0.25, -0.2) is 4.98 Å². The number of alkyl halides is 2. The highest BCUT2D eigenvalue weighted by molar-refractivity contribution is 6.30. The topological polar surface area (TPSA) is 51.0 Å². The molecule has 0 aliphatic carbocycles. The Morgan fingerprint density at radius 3 is 2.68 bits per heavy atom. The second-order valence-electron chi connectivity index (χ2n) is 6.34. The number of pyridine rings is 1. The van der Waals surface area contributed by atoms with E-state index in [1.54, 1.807) is 30.3 Å². The maximum absolute atomic E-state index is 14.4. The van der Waals surface area contributed by atoms with Gasteiger partial charge in [0.1, 0.15) is 11.2 Å². The molecular formula is C21H16ClF2N3O. The van der Waals surface area contributed by atoms with Crippen LogP contribution in [0.5, 0.6) is 0 Å². The second-order valence-corrected chi connectivity index (χ2v) is 6.78. The van der Waals surface area contributed by atoms with Crippen LogP contribution in [0.25, 0.3) is 11.1 Å². The van der Waals surface area contributed by atoms with Crippen LogP contribution in [0.15, 0.2) is 71.3 Å². The molecule has 0 radical (unpaired) electrons. The summed E-state index contributed by atoms with van der Waals surface area (Å²) in [5.41, 5.74) is 2.19. The summed E-state index contributed by atoms with van der Waals surface area (Å²) >= 11 is 6.01. The van der Waals surface area contributed by atoms with Gasteiger partial charge in [-0.2, -0.15) is 8.78 Å². The molecule has 0 bridgehead atoms. The molecule has 7 heteroatoms. The maximum Gasteiger partial charge on any atom is 0.306 e. The van der Waals surface area contributed by atoms with Gasteiger partial charge in [-0.1, -0.05) is 35.9 Å². The van der Waals surface area contributed by atoms with Crippen LogP contribution in [-0.4, -0.2) is 16.5 Å². The Morgan fingerprint density at radius 1 is 1.04 bits per heavy atom. The molecule has 4 nitrogen and oxygen atoms in total. The third-order valence-electron chi connectivity index (χ3n) is 4.25. The summed E-state index contributed by atoms with van der Waals surface area (Å²) in [6, 6.07) is 17.0. The van der Waals surface area contributed by atoms with Crippen LogP contribution in [0.1, 0.15) is 17.1 Å². The average Bonchev–Trinajstić information content (AvgIpc) is 3.10. The van der Waals surface area contributed by atoms with Crippen molar-refractivity contribution >= 4 is 28.4 Å². The summed E-state index contributed by atoms with van der Waals surface area (Å²) in [6.07, 6.45) is 1.81. The molecule has 0 saturated carbocycles. The van der Waals surface area contributed by atoms with Gasteiger partial charge in [-0.3, -0.25) is 4.98 Å². The maximum atomic E-state index is 14.4. The lowest BCUT2D eigenvalue weighted by Gasteiger charge is -2.17. The molecule has 1 N–H and O–H groups in total. The van der Waals surface area contributed by atoms with Gasteiger partial charge in [0, 0.05) is 17.6 Å². The van der Waals surface area contributed by atoms with Crippen molar-refractivity contribution in [3.63, 3.8) is 0 Å². The zero-order chi connectivity index (χ0) is 19.6. The molecule has 2 heterocycles. The first kappa shape index (κ1) is 18.4. The molecule has 142 valence electrons. The van der Waals surface area contributed by atoms with Crippen LogP contribution in [0.3, 0.4) is 0 Å². The van der Waals surface area contributed by atoms with Gasteiger partial charge in [0.05, 0.1) is 12.2 Å². The zero-order valence-corrected chi connectivity index (χ0v) is 15.5. The highest BCUT2D eigenvalue weighted by Crippen LogP contribution is 2.29. The molecule has 0 aliphatic heterocycles. The van der Waals surface area contributed by atoms with Gasteiger partial charge < -0.3 is 9.73 Å². The van der Waals surface area contributed by atoms with Crippen molar-refractivity contribution in [2.75, 3.05) is 11.9 Å². The summed E-state index contributed by atoms with van der Waals surface area (Å²) in [6.45, 7) is -0.598. The molecule has 28 heavy (non-hydrogen) atoms. The number of rotatable bonds is 6. The fourth-order valence-corrected chi connectivity index (χ4v) is 3.12. The van der Waals surface area contributed by atoms with E-state index in [1.165, 1.54) is 18.3 Å². The smallest absolute Gasteiger partial charge is 0.306 e. The number of nitrogens with one attached hydrogen (secondary N) is 1. The highest BCUT2D eigenvalue weighted by atomic mass is 35.5. The lowest BCUT2D eigenvalue weighted by Crippen LogP contribution is -2.25. The minimum atomic E-state index is -3.11. The van der Waals surface area contributed by atoms with Crippen molar-refractivity contribution in [1.82, 2.24) is 9.97 Å². The number of halogens is 3. The van der Waals surface area contributed by atoms with Crippen molar-refractivity contribution in [1.29, 1.82) is 0 Å². The minimum Gasteiger partial charge on any atom is -0.440 e. The summed E-state index contributed by atoms with van der Waals surface area (Å²) in [7, 11) is 0. The molecule has 0 amide bonds. The fraction of sp³-hybridized carbons (Fsp3) is 0.143. The van der Waals surface area contributed by atoms with Crippen molar-refractivity contribution < 1.29 is 13.2 Å². The summed E-state index contributed by atoms with van der Waals surface area (Å²) in [5, 5.41) is 3.41. The first-order chi connectivity index (χ1) is 13.5. The summed E-state index contributed by atoms with van der Waals surface area (Å²) < 4.78 is 34.6. The fourth-order valence-electron chi connectivity index (χ4n) is 2.91. The number of hydrogen-bond donors (Lipinski definition) is 1. The van der Waals surface area contributed by atoms with Crippen LogP contribution in [0.4, 0.5) is 14.5 Å². The standard InChI is InChI=1S/C21H16ClF2N3O/c22-15-6-3-5-14(11-15)12-19-27-20-16(7-4-8-17(20)28-19)26-13-21(23,24)18-9-1-2-10-25-18/h1-11,26H,12-13H2. The number of anilines is 1. The number of aromatic nitrogens is 2. The number of para-hydroxylation sites is 1. The molecule has 4 aromatic rings. The highest BCUT2D eigenvalue weighted by Gasteiger charge is 2.33. The number of hydrogen-bond acceptors (Lipinski definition) is 4. The molecular weight excluding hydrogens is 384 g/mol. The first-order valence-corrected chi connectivity index (χ1v) is 9.05. The molecule has 2 aromatic heterocycles. The van der Waals surface area contributed by atoms with E-state index in [4.69, 9.17) is 16.0 Å². The SMILES string of the molecule is FC(F)(CNc1cccc2oc(Cc3cccc(Cl)c3)nc12)c1ccccn1. The quantitative estimate of drug-likeness (QED) is 0.453. The summed E-state index contributed by atoms with van der Waals surface area (Å²) in [4.78, 5) is 8.23. The Bertz CT molecular complexity index is 1100. The van der Waals surface area contributed by atoms with Gasteiger partial charge in [0.15, 0.2) is 11.5 Å². The molecule has 0 aliphatic rings. The summed E-state index contributed by atoms with van der Waals surface area (Å²) in [5.74, 6) is -2.63. The molecule has 0 spiro atoms. The molecule has 4 rings (SSSR count).